The lowest BCUT2D eigenvalue weighted by Crippen LogP contribution is -2.35. The van der Waals surface area contributed by atoms with Gasteiger partial charge in [0.25, 0.3) is 0 Å². The Morgan fingerprint density at radius 2 is 1.55 bits per heavy atom. The fourth-order valence-electron chi connectivity index (χ4n) is 4.38. The molecule has 0 saturated heterocycles. The summed E-state index contributed by atoms with van der Waals surface area (Å²) in [5, 5.41) is 0. The number of rotatable bonds is 10. The maximum Gasteiger partial charge on any atom is 0.472 e. The lowest BCUT2D eigenvalue weighted by atomic mass is 9.65. The number of carbonyl (C=O) groups excluding carboxylic acids is 1. The second-order valence-electron chi connectivity index (χ2n) is 8.65. The smallest absolute Gasteiger partial charge is 0.302 e. The van der Waals surface area contributed by atoms with E-state index in [1.54, 1.807) is 0 Å². The Kier molecular flexibility index (Phi) is 8.23. The first-order valence-corrected chi connectivity index (χ1v) is 12.6. The van der Waals surface area contributed by atoms with E-state index in [1.165, 1.54) is 11.1 Å². The van der Waals surface area contributed by atoms with E-state index in [0.717, 1.165) is 12.8 Å². The second kappa shape index (κ2) is 10.7. The van der Waals surface area contributed by atoms with Gasteiger partial charge >= 0.3 is 7.82 Å². The summed E-state index contributed by atoms with van der Waals surface area (Å²) in [7, 11) is -4.14. The monoisotopic (exact) mass is 444 g/mol. The number of carbonyl (C=O) groups is 1. The lowest BCUT2D eigenvalue weighted by molar-refractivity contribution is -0.122. The van der Waals surface area contributed by atoms with Gasteiger partial charge in [-0.1, -0.05) is 74.5 Å². The van der Waals surface area contributed by atoms with Crippen molar-refractivity contribution in [3.8, 4) is 0 Å². The topological polar surface area (TPSA) is 72.8 Å². The molecule has 5 nitrogen and oxygen atoms in total. The Balaban J connectivity index is 1.59. The number of benzene rings is 2. The van der Waals surface area contributed by atoms with Crippen LogP contribution in [0.3, 0.4) is 0 Å². The molecule has 1 unspecified atom stereocenters. The molecule has 0 aromatic heterocycles. The number of ketones is 1. The molecule has 1 fully saturated rings. The minimum atomic E-state index is -4.14. The van der Waals surface area contributed by atoms with E-state index in [2.05, 4.69) is 48.5 Å². The van der Waals surface area contributed by atoms with E-state index in [1.807, 2.05) is 26.0 Å². The number of phosphoric ester groups is 1. The number of hydrogen-bond donors (Lipinski definition) is 1. The van der Waals surface area contributed by atoms with Crippen LogP contribution in [0.25, 0.3) is 0 Å². The van der Waals surface area contributed by atoms with Crippen LogP contribution in [-0.4, -0.2) is 23.4 Å². The van der Waals surface area contributed by atoms with Gasteiger partial charge in [0, 0.05) is 17.8 Å². The minimum absolute atomic E-state index is 0.0334. The van der Waals surface area contributed by atoms with Crippen LogP contribution >= 0.6 is 7.82 Å². The van der Waals surface area contributed by atoms with Gasteiger partial charge < -0.3 is 4.89 Å². The van der Waals surface area contributed by atoms with Gasteiger partial charge in [0.05, 0.1) is 12.7 Å². The SMILES string of the molecule is CC(C)C(=O)CCCOP(=O)(O)OC1CCC(c2ccccc2)(c2ccccc2)CC1. The lowest BCUT2D eigenvalue weighted by Gasteiger charge is -2.41. The van der Waals surface area contributed by atoms with E-state index in [9.17, 15) is 14.3 Å². The summed E-state index contributed by atoms with van der Waals surface area (Å²) in [4.78, 5) is 21.8. The van der Waals surface area contributed by atoms with Crippen molar-refractivity contribution in [1.82, 2.24) is 0 Å². The van der Waals surface area contributed by atoms with E-state index in [0.29, 0.717) is 25.7 Å². The zero-order chi connectivity index (χ0) is 22.3. The Morgan fingerprint density at radius 3 is 2.03 bits per heavy atom. The molecule has 0 amide bonds. The minimum Gasteiger partial charge on any atom is -0.302 e. The maximum absolute atomic E-state index is 12.4. The van der Waals surface area contributed by atoms with Gasteiger partial charge in [-0.15, -0.1) is 0 Å². The van der Waals surface area contributed by atoms with Crippen LogP contribution < -0.4 is 0 Å². The summed E-state index contributed by atoms with van der Waals surface area (Å²) in [6.45, 7) is 3.73. The highest BCUT2D eigenvalue weighted by Crippen LogP contribution is 2.51. The summed E-state index contributed by atoms with van der Waals surface area (Å²) >= 11 is 0. The van der Waals surface area contributed by atoms with Crippen molar-refractivity contribution < 1.29 is 23.3 Å². The van der Waals surface area contributed by atoms with Crippen LogP contribution in [-0.2, 0) is 23.8 Å². The van der Waals surface area contributed by atoms with Crippen molar-refractivity contribution >= 4 is 13.6 Å². The molecule has 1 saturated carbocycles. The van der Waals surface area contributed by atoms with E-state index >= 15 is 0 Å². The Labute approximate surface area is 185 Å². The average Bonchev–Trinajstić information content (AvgIpc) is 2.78. The third-order valence-electron chi connectivity index (χ3n) is 6.19. The highest BCUT2D eigenvalue weighted by atomic mass is 31.2. The molecule has 1 N–H and O–H groups in total. The number of hydrogen-bond acceptors (Lipinski definition) is 4. The molecule has 6 heteroatoms. The zero-order valence-electron chi connectivity index (χ0n) is 18.4. The van der Waals surface area contributed by atoms with Crippen LogP contribution in [0.15, 0.2) is 60.7 Å². The summed E-state index contributed by atoms with van der Waals surface area (Å²) in [5.74, 6) is 0.0941. The third-order valence-corrected chi connectivity index (χ3v) is 7.26. The quantitative estimate of drug-likeness (QED) is 0.356. The molecule has 0 bridgehead atoms. The molecular weight excluding hydrogens is 411 g/mol. The van der Waals surface area contributed by atoms with Gasteiger partial charge in [-0.2, -0.15) is 0 Å². The predicted molar refractivity (Wildman–Crippen MR) is 122 cm³/mol. The summed E-state index contributed by atoms with van der Waals surface area (Å²) in [5.41, 5.74) is 2.40. The molecule has 0 radical (unpaired) electrons. The maximum atomic E-state index is 12.4. The normalized spacial score (nSPS) is 18.6. The fraction of sp³-hybridized carbons (Fsp3) is 0.480. The van der Waals surface area contributed by atoms with Gasteiger partial charge in [-0.05, 0) is 43.2 Å². The first-order chi connectivity index (χ1) is 14.8. The summed E-state index contributed by atoms with van der Waals surface area (Å²) < 4.78 is 23.0. The van der Waals surface area contributed by atoms with Crippen molar-refractivity contribution in [2.45, 2.75) is 63.9 Å². The molecule has 0 aliphatic heterocycles. The van der Waals surface area contributed by atoms with E-state index < -0.39 is 7.82 Å². The first-order valence-electron chi connectivity index (χ1n) is 11.1. The Hall–Kier alpha value is -1.78. The predicted octanol–water partition coefficient (Wildman–Crippen LogP) is 6.05. The molecule has 2 aromatic carbocycles. The van der Waals surface area contributed by atoms with Crippen molar-refractivity contribution in [2.75, 3.05) is 6.61 Å². The Morgan fingerprint density at radius 1 is 1.03 bits per heavy atom. The first kappa shape index (κ1) is 23.9. The fourth-order valence-corrected chi connectivity index (χ4v) is 5.39. The van der Waals surface area contributed by atoms with Crippen LogP contribution in [0.5, 0.6) is 0 Å². The average molecular weight is 445 g/mol. The van der Waals surface area contributed by atoms with Gasteiger partial charge in [0.2, 0.25) is 0 Å². The molecular formula is C25H33O5P. The zero-order valence-corrected chi connectivity index (χ0v) is 19.3. The second-order valence-corrected chi connectivity index (χ2v) is 10.1. The van der Waals surface area contributed by atoms with Crippen molar-refractivity contribution in [3.63, 3.8) is 0 Å². The van der Waals surface area contributed by atoms with E-state index in [4.69, 9.17) is 9.05 Å². The van der Waals surface area contributed by atoms with E-state index in [-0.39, 0.29) is 29.8 Å². The standard InChI is InChI=1S/C25H33O5P/c1-20(2)24(26)14-9-19-29-31(27,28)30-23-15-17-25(18-16-23,21-10-5-3-6-11-21)22-12-7-4-8-13-22/h3-8,10-13,20,23H,9,14-19H2,1-2H3,(H,27,28). The van der Waals surface area contributed by atoms with Crippen LogP contribution in [0, 0.1) is 5.92 Å². The summed E-state index contributed by atoms with van der Waals surface area (Å²) in [6.07, 6.45) is 3.43. The summed E-state index contributed by atoms with van der Waals surface area (Å²) in [6, 6.07) is 20.9. The van der Waals surface area contributed by atoms with Gasteiger partial charge in [-0.3, -0.25) is 13.8 Å². The third kappa shape index (κ3) is 6.36. The highest BCUT2D eigenvalue weighted by Gasteiger charge is 2.40. The number of phosphoric acid groups is 1. The molecule has 0 heterocycles. The molecule has 2 aromatic rings. The van der Waals surface area contributed by atoms with Crippen molar-refractivity contribution in [2.24, 2.45) is 5.92 Å². The molecule has 1 aliphatic rings. The molecule has 168 valence electrons. The molecule has 31 heavy (non-hydrogen) atoms. The van der Waals surface area contributed by atoms with Crippen LogP contribution in [0.2, 0.25) is 0 Å². The van der Waals surface area contributed by atoms with Gasteiger partial charge in [0.15, 0.2) is 0 Å². The largest absolute Gasteiger partial charge is 0.472 e. The molecule has 3 rings (SSSR count). The van der Waals surface area contributed by atoms with Crippen LogP contribution in [0.1, 0.15) is 63.5 Å². The van der Waals surface area contributed by atoms with Crippen LogP contribution in [0.4, 0.5) is 0 Å². The highest BCUT2D eigenvalue weighted by molar-refractivity contribution is 7.47. The molecule has 1 atom stereocenters. The molecule has 1 aliphatic carbocycles. The van der Waals surface area contributed by atoms with Gasteiger partial charge in [-0.25, -0.2) is 4.57 Å². The molecule has 0 spiro atoms. The van der Waals surface area contributed by atoms with Crippen molar-refractivity contribution in [3.05, 3.63) is 71.8 Å². The Bertz CT molecular complexity index is 832. The number of Topliss-reactive ketones (excluding diaryl/α,β-unsaturated/α-hetero) is 1. The van der Waals surface area contributed by atoms with Crippen molar-refractivity contribution in [1.29, 1.82) is 0 Å². The van der Waals surface area contributed by atoms with Gasteiger partial charge in [0.1, 0.15) is 5.78 Å².